The Morgan fingerprint density at radius 3 is 2.78 bits per heavy atom. The minimum absolute atomic E-state index is 0.332. The van der Waals surface area contributed by atoms with E-state index in [1.54, 1.807) is 6.20 Å². The van der Waals surface area contributed by atoms with Gasteiger partial charge in [-0.1, -0.05) is 0 Å². The van der Waals surface area contributed by atoms with E-state index in [0.717, 1.165) is 24.9 Å². The summed E-state index contributed by atoms with van der Waals surface area (Å²) in [6.45, 7) is 0. The highest BCUT2D eigenvalue weighted by atomic mass is 32.2. The summed E-state index contributed by atoms with van der Waals surface area (Å²) in [6.07, 6.45) is 1.67. The van der Waals surface area contributed by atoms with Crippen molar-refractivity contribution in [3.05, 3.63) is 35.3 Å². The number of hydrogen-bond donors (Lipinski definition) is 2. The zero-order valence-electron chi connectivity index (χ0n) is 8.95. The fraction of sp³-hybridized carbons (Fsp3) is 0. The number of thiophene rings is 2. The third kappa shape index (κ3) is 1.82. The Kier molecular flexibility index (Phi) is 2.85. The lowest BCUT2D eigenvalue weighted by atomic mass is 10.1. The molecule has 0 bridgehead atoms. The number of carboxylic acid groups (broad SMARTS) is 1. The fourth-order valence-electron chi connectivity index (χ4n) is 1.79. The molecule has 3 heterocycles. The van der Waals surface area contributed by atoms with Crippen LogP contribution in [0.25, 0.3) is 20.7 Å². The van der Waals surface area contributed by atoms with Crippen molar-refractivity contribution in [1.29, 1.82) is 0 Å². The van der Waals surface area contributed by atoms with E-state index in [-0.39, 0.29) is 0 Å². The summed E-state index contributed by atoms with van der Waals surface area (Å²) in [6, 6.07) is 7.49. The quantitative estimate of drug-likeness (QED) is 0.702. The summed E-state index contributed by atoms with van der Waals surface area (Å²) < 4.78 is 0.865. The van der Waals surface area contributed by atoms with Crippen LogP contribution in [0.3, 0.4) is 0 Å². The van der Waals surface area contributed by atoms with Crippen molar-refractivity contribution in [2.75, 3.05) is 0 Å². The average Bonchev–Trinajstić information content (AvgIpc) is 2.92. The van der Waals surface area contributed by atoms with Crippen LogP contribution in [0, 0.1) is 0 Å². The largest absolute Gasteiger partial charge is 0.477 e. The van der Waals surface area contributed by atoms with E-state index < -0.39 is 5.97 Å². The lowest BCUT2D eigenvalue weighted by molar-refractivity contribution is 0.0703. The summed E-state index contributed by atoms with van der Waals surface area (Å²) >= 11 is 6.95. The molecule has 0 unspecified atom stereocenters. The third-order valence-electron chi connectivity index (χ3n) is 2.50. The number of hydrogen-bond acceptors (Lipinski definition) is 5. The normalized spacial score (nSPS) is 10.9. The maximum Gasteiger partial charge on any atom is 0.346 e. The van der Waals surface area contributed by atoms with Gasteiger partial charge in [0.25, 0.3) is 0 Å². The highest BCUT2D eigenvalue weighted by molar-refractivity contribution is 7.83. The first-order chi connectivity index (χ1) is 8.66. The number of thiol groups is 1. The van der Waals surface area contributed by atoms with Crippen molar-refractivity contribution in [3.63, 3.8) is 0 Å². The maximum absolute atomic E-state index is 11.3. The average molecular weight is 293 g/mol. The zero-order valence-corrected chi connectivity index (χ0v) is 11.5. The van der Waals surface area contributed by atoms with Crippen molar-refractivity contribution in [3.8, 4) is 10.4 Å². The van der Waals surface area contributed by atoms with E-state index in [9.17, 15) is 9.90 Å². The molecule has 3 aromatic rings. The minimum atomic E-state index is -0.915. The van der Waals surface area contributed by atoms with Gasteiger partial charge in [-0.05, 0) is 24.3 Å². The van der Waals surface area contributed by atoms with Crippen LogP contribution in [0.2, 0.25) is 0 Å². The van der Waals surface area contributed by atoms with Gasteiger partial charge in [0, 0.05) is 22.0 Å². The second-order valence-electron chi connectivity index (χ2n) is 3.61. The summed E-state index contributed by atoms with van der Waals surface area (Å²) in [4.78, 5) is 17.6. The Balaban J connectivity index is 2.37. The second-order valence-corrected chi connectivity index (χ2v) is 6.47. The van der Waals surface area contributed by atoms with Crippen LogP contribution < -0.4 is 0 Å². The Hall–Kier alpha value is -1.37. The van der Waals surface area contributed by atoms with Crippen molar-refractivity contribution >= 4 is 51.5 Å². The minimum Gasteiger partial charge on any atom is -0.477 e. The Morgan fingerprint density at radius 1 is 1.28 bits per heavy atom. The van der Waals surface area contributed by atoms with Gasteiger partial charge >= 0.3 is 5.97 Å². The molecule has 0 radical (unpaired) electrons. The molecule has 0 saturated heterocycles. The van der Waals surface area contributed by atoms with E-state index in [1.807, 2.05) is 24.3 Å². The summed E-state index contributed by atoms with van der Waals surface area (Å²) in [5.41, 5.74) is 0.751. The summed E-state index contributed by atoms with van der Waals surface area (Å²) in [7, 11) is 0. The first kappa shape index (κ1) is 11.7. The van der Waals surface area contributed by atoms with Crippen LogP contribution in [-0.2, 0) is 0 Å². The van der Waals surface area contributed by atoms with Crippen LogP contribution in [0.4, 0.5) is 0 Å². The Labute approximate surface area is 116 Å². The highest BCUT2D eigenvalue weighted by Gasteiger charge is 2.20. The van der Waals surface area contributed by atoms with Gasteiger partial charge in [0.2, 0.25) is 0 Å². The number of nitrogens with zero attached hydrogens (tertiary/aromatic N) is 1. The third-order valence-corrected chi connectivity index (χ3v) is 4.93. The monoisotopic (exact) mass is 293 g/mol. The van der Waals surface area contributed by atoms with E-state index in [1.165, 1.54) is 22.7 Å². The molecule has 0 aromatic carbocycles. The van der Waals surface area contributed by atoms with Gasteiger partial charge in [0.15, 0.2) is 0 Å². The number of fused-ring (bicyclic) bond motifs is 1. The smallest absolute Gasteiger partial charge is 0.346 e. The molecule has 3 rings (SSSR count). The topological polar surface area (TPSA) is 50.2 Å². The molecule has 0 aliphatic rings. The molecule has 3 aromatic heterocycles. The molecule has 0 fully saturated rings. The standard InChI is InChI=1S/C12H7NO2S3/c14-12(15)10-9(7-3-4-8(16)17-7)6-2-1-5-13-11(6)18-10/h1-5,16H,(H,14,15). The first-order valence-corrected chi connectivity index (χ1v) is 7.15. The Morgan fingerprint density at radius 2 is 2.11 bits per heavy atom. The van der Waals surface area contributed by atoms with Crippen LogP contribution >= 0.6 is 35.3 Å². The molecule has 0 amide bonds. The van der Waals surface area contributed by atoms with Crippen molar-refractivity contribution in [2.45, 2.75) is 4.21 Å². The van der Waals surface area contributed by atoms with Gasteiger partial charge in [-0.15, -0.1) is 35.3 Å². The fourth-order valence-corrected chi connectivity index (χ4v) is 4.03. The number of carboxylic acids is 1. The molecular formula is C12H7NO2S3. The molecule has 90 valence electrons. The molecule has 18 heavy (non-hydrogen) atoms. The number of pyridine rings is 1. The number of aromatic carboxylic acids is 1. The highest BCUT2D eigenvalue weighted by Crippen LogP contribution is 2.41. The van der Waals surface area contributed by atoms with Gasteiger partial charge in [-0.3, -0.25) is 0 Å². The van der Waals surface area contributed by atoms with Crippen LogP contribution in [0.15, 0.2) is 34.7 Å². The molecule has 0 aliphatic carbocycles. The van der Waals surface area contributed by atoms with Crippen molar-refractivity contribution in [1.82, 2.24) is 4.98 Å². The number of rotatable bonds is 2. The van der Waals surface area contributed by atoms with Gasteiger partial charge in [-0.2, -0.15) is 0 Å². The summed E-state index contributed by atoms with van der Waals surface area (Å²) in [5, 5.41) is 10.2. The molecule has 0 spiro atoms. The predicted molar refractivity (Wildman–Crippen MR) is 77.1 cm³/mol. The van der Waals surface area contributed by atoms with Crippen molar-refractivity contribution < 1.29 is 9.90 Å². The molecule has 3 nitrogen and oxygen atoms in total. The molecule has 1 N–H and O–H groups in total. The maximum atomic E-state index is 11.3. The SMILES string of the molecule is O=C(O)c1sc2ncccc2c1-c1ccc(S)s1. The second kappa shape index (κ2) is 4.38. The number of aromatic nitrogens is 1. The van der Waals surface area contributed by atoms with Gasteiger partial charge < -0.3 is 5.11 Å². The van der Waals surface area contributed by atoms with Crippen LogP contribution in [0.5, 0.6) is 0 Å². The molecular weight excluding hydrogens is 286 g/mol. The van der Waals surface area contributed by atoms with Crippen LogP contribution in [-0.4, -0.2) is 16.1 Å². The van der Waals surface area contributed by atoms with Gasteiger partial charge in [-0.25, -0.2) is 9.78 Å². The molecule has 0 aliphatic heterocycles. The molecule has 0 saturated carbocycles. The van der Waals surface area contributed by atoms with E-state index >= 15 is 0 Å². The predicted octanol–water partition coefficient (Wildman–Crippen LogP) is 4.01. The lowest BCUT2D eigenvalue weighted by Crippen LogP contribution is -1.93. The first-order valence-electron chi connectivity index (χ1n) is 5.07. The van der Waals surface area contributed by atoms with Crippen molar-refractivity contribution in [2.24, 2.45) is 0 Å². The number of carbonyl (C=O) groups is 1. The van der Waals surface area contributed by atoms with E-state index in [2.05, 4.69) is 17.6 Å². The zero-order chi connectivity index (χ0) is 12.7. The summed E-state index contributed by atoms with van der Waals surface area (Å²) in [5.74, 6) is -0.915. The van der Waals surface area contributed by atoms with Crippen LogP contribution in [0.1, 0.15) is 9.67 Å². The van der Waals surface area contributed by atoms with E-state index in [0.29, 0.717) is 4.88 Å². The Bertz CT molecular complexity index is 745. The van der Waals surface area contributed by atoms with E-state index in [4.69, 9.17) is 0 Å². The molecule has 6 heteroatoms. The lowest BCUT2D eigenvalue weighted by Gasteiger charge is -1.97. The van der Waals surface area contributed by atoms with Gasteiger partial charge in [0.05, 0.1) is 4.21 Å². The van der Waals surface area contributed by atoms with Gasteiger partial charge in [0.1, 0.15) is 9.71 Å². The molecule has 0 atom stereocenters.